The molecule has 220 valence electrons. The zero-order valence-corrected chi connectivity index (χ0v) is 26.5. The molecule has 2 aromatic heterocycles. The summed E-state index contributed by atoms with van der Waals surface area (Å²) in [4.78, 5) is 13.3. The summed E-state index contributed by atoms with van der Waals surface area (Å²) >= 11 is 0. The van der Waals surface area contributed by atoms with Crippen molar-refractivity contribution in [1.29, 1.82) is 0 Å². The maximum Gasteiger partial charge on any atom is 0.235 e. The summed E-state index contributed by atoms with van der Waals surface area (Å²) in [5.74, 6) is 0.665. The van der Waals surface area contributed by atoms with Gasteiger partial charge in [0.15, 0.2) is 0 Å². The van der Waals surface area contributed by atoms with Crippen LogP contribution < -0.4 is 0 Å². The van der Waals surface area contributed by atoms with Crippen molar-refractivity contribution >= 4 is 31.8 Å². The largest absolute Gasteiger partial charge is 0.278 e. The van der Waals surface area contributed by atoms with Crippen molar-refractivity contribution in [1.82, 2.24) is 14.5 Å². The molecule has 6 aromatic carbocycles. The maximum atomic E-state index is 5.18. The molecule has 0 radical (unpaired) electrons. The summed E-state index contributed by atoms with van der Waals surface area (Å²) in [7, 11) is -1.02. The number of hydrogen-bond acceptors (Lipinski definition) is 2. The van der Waals surface area contributed by atoms with Crippen LogP contribution in [0.2, 0.25) is 0 Å². The van der Waals surface area contributed by atoms with Crippen LogP contribution in [-0.2, 0) is 0 Å². The van der Waals surface area contributed by atoms with Gasteiger partial charge in [0, 0.05) is 31.7 Å². The first-order chi connectivity index (χ1) is 22.6. The number of rotatable bonds is 4. The molecule has 1 aliphatic rings. The van der Waals surface area contributed by atoms with E-state index in [4.69, 9.17) is 9.97 Å². The van der Waals surface area contributed by atoms with Gasteiger partial charge in [-0.15, -0.1) is 0 Å². The molecule has 1 aliphatic heterocycles. The summed E-state index contributed by atoms with van der Waals surface area (Å²) in [5.41, 5.74) is 11.3. The minimum atomic E-state index is -1.02. The number of aromatic nitrogens is 3. The molecule has 0 bridgehead atoms. The van der Waals surface area contributed by atoms with Gasteiger partial charge in [-0.1, -0.05) is 109 Å². The SMILES string of the molecule is CS1(C)c2ccccc2-c2cc(-c3ccc4c(c3)c3ccccc3n4-c3nc(-c4ccccc4)cc(-c4ccccc4)n3)ccc21. The van der Waals surface area contributed by atoms with E-state index in [0.29, 0.717) is 5.95 Å². The second kappa shape index (κ2) is 10.3. The van der Waals surface area contributed by atoms with Gasteiger partial charge >= 0.3 is 0 Å². The molecule has 0 atom stereocenters. The van der Waals surface area contributed by atoms with Crippen molar-refractivity contribution in [2.24, 2.45) is 0 Å². The Morgan fingerprint density at radius 3 is 1.74 bits per heavy atom. The Kier molecular flexibility index (Phi) is 6.02. The van der Waals surface area contributed by atoms with E-state index in [1.807, 2.05) is 12.1 Å². The second-order valence-corrected chi connectivity index (χ2v) is 15.8. The minimum absolute atomic E-state index is 0.665. The zero-order valence-electron chi connectivity index (χ0n) is 25.7. The molecule has 0 spiro atoms. The highest BCUT2D eigenvalue weighted by Gasteiger charge is 2.31. The lowest BCUT2D eigenvalue weighted by molar-refractivity contribution is 0.995. The Morgan fingerprint density at radius 1 is 0.435 bits per heavy atom. The third-order valence-electron chi connectivity index (χ3n) is 9.32. The number of nitrogens with zero attached hydrogens (tertiary/aromatic N) is 3. The van der Waals surface area contributed by atoms with E-state index in [0.717, 1.165) is 33.5 Å². The van der Waals surface area contributed by atoms with Gasteiger partial charge in [0.05, 0.1) is 22.4 Å². The van der Waals surface area contributed by atoms with Gasteiger partial charge in [0.2, 0.25) is 5.95 Å². The third kappa shape index (κ3) is 4.14. The molecule has 4 heteroatoms. The molecule has 0 amide bonds. The van der Waals surface area contributed by atoms with Crippen LogP contribution in [-0.4, -0.2) is 27.0 Å². The van der Waals surface area contributed by atoms with Crippen LogP contribution in [0.1, 0.15) is 0 Å². The predicted octanol–water partition coefficient (Wildman–Crippen LogP) is 11.0. The van der Waals surface area contributed by atoms with E-state index < -0.39 is 10.0 Å². The summed E-state index contributed by atoms with van der Waals surface area (Å²) in [5, 5.41) is 2.38. The van der Waals surface area contributed by atoms with Gasteiger partial charge in [0.25, 0.3) is 0 Å². The molecule has 9 rings (SSSR count). The van der Waals surface area contributed by atoms with Gasteiger partial charge in [-0.3, -0.25) is 4.57 Å². The van der Waals surface area contributed by atoms with E-state index in [1.54, 1.807) is 0 Å². The Labute approximate surface area is 270 Å². The normalized spacial score (nSPS) is 13.9. The summed E-state index contributed by atoms with van der Waals surface area (Å²) in [6.07, 6.45) is 4.83. The standard InChI is InChI=1S/C42H31N3S/c1-46(2)40-20-12-10-18-33(40)35-26-31(22-24-41(35)46)30-21-23-39-34(25-30)32-17-9-11-19-38(32)45(39)42-43-36(28-13-5-3-6-14-28)27-37(44-42)29-15-7-4-8-16-29/h3-27H,1-2H3. The fourth-order valence-electron chi connectivity index (χ4n) is 7.03. The average Bonchev–Trinajstić information content (AvgIpc) is 3.57. The first-order valence-electron chi connectivity index (χ1n) is 15.6. The van der Waals surface area contributed by atoms with E-state index in [9.17, 15) is 0 Å². The fraction of sp³-hybridized carbons (Fsp3) is 0.0476. The molecule has 46 heavy (non-hydrogen) atoms. The highest BCUT2D eigenvalue weighted by atomic mass is 32.3. The number of hydrogen-bond donors (Lipinski definition) is 0. The second-order valence-electron chi connectivity index (χ2n) is 12.3. The molecule has 3 heterocycles. The van der Waals surface area contributed by atoms with Crippen molar-refractivity contribution in [3.8, 4) is 50.7 Å². The molecule has 0 saturated heterocycles. The van der Waals surface area contributed by atoms with Crippen LogP contribution >= 0.6 is 10.0 Å². The van der Waals surface area contributed by atoms with E-state index in [1.165, 1.54) is 42.8 Å². The highest BCUT2D eigenvalue weighted by molar-refractivity contribution is 8.33. The smallest absolute Gasteiger partial charge is 0.235 e. The van der Waals surface area contributed by atoms with Gasteiger partial charge in [0.1, 0.15) is 0 Å². The van der Waals surface area contributed by atoms with Crippen molar-refractivity contribution < 1.29 is 0 Å². The van der Waals surface area contributed by atoms with Gasteiger partial charge in [-0.25, -0.2) is 9.97 Å². The number of fused-ring (bicyclic) bond motifs is 6. The van der Waals surface area contributed by atoms with Gasteiger partial charge in [-0.2, -0.15) is 10.0 Å². The third-order valence-corrected chi connectivity index (χ3v) is 12.2. The Bertz CT molecular complexity index is 2380. The minimum Gasteiger partial charge on any atom is -0.278 e. The molecule has 0 fully saturated rings. The molecular formula is C42H31N3S. The van der Waals surface area contributed by atoms with Crippen LogP contribution in [0.5, 0.6) is 0 Å². The number of benzene rings is 6. The van der Waals surface area contributed by atoms with Crippen molar-refractivity contribution in [3.05, 3.63) is 152 Å². The van der Waals surface area contributed by atoms with E-state index in [-0.39, 0.29) is 0 Å². The van der Waals surface area contributed by atoms with Crippen molar-refractivity contribution in [2.45, 2.75) is 9.79 Å². The molecule has 0 saturated carbocycles. The maximum absolute atomic E-state index is 5.18. The summed E-state index contributed by atoms with van der Waals surface area (Å²) in [6, 6.07) is 54.2. The van der Waals surface area contributed by atoms with Crippen molar-refractivity contribution in [3.63, 3.8) is 0 Å². The topological polar surface area (TPSA) is 30.7 Å². The lowest BCUT2D eigenvalue weighted by Crippen LogP contribution is -2.03. The molecule has 0 N–H and O–H groups in total. The van der Waals surface area contributed by atoms with Crippen LogP contribution in [0.25, 0.3) is 72.5 Å². The zero-order chi connectivity index (χ0) is 30.8. The Hall–Kier alpha value is -5.45. The fourth-order valence-corrected chi connectivity index (χ4v) is 9.54. The summed E-state index contributed by atoms with van der Waals surface area (Å²) < 4.78 is 2.22. The molecule has 8 aromatic rings. The molecule has 3 nitrogen and oxygen atoms in total. The first-order valence-corrected chi connectivity index (χ1v) is 18.0. The van der Waals surface area contributed by atoms with Gasteiger partial charge in [-0.05, 0) is 77.2 Å². The number of para-hydroxylation sites is 1. The predicted molar refractivity (Wildman–Crippen MR) is 194 cm³/mol. The lowest BCUT2D eigenvalue weighted by Gasteiger charge is -2.28. The van der Waals surface area contributed by atoms with E-state index >= 15 is 0 Å². The van der Waals surface area contributed by atoms with Crippen LogP contribution in [0.15, 0.2) is 161 Å². The molecule has 0 aliphatic carbocycles. The van der Waals surface area contributed by atoms with Gasteiger partial charge < -0.3 is 0 Å². The molecular weight excluding hydrogens is 579 g/mol. The van der Waals surface area contributed by atoms with E-state index in [2.05, 4.69) is 157 Å². The van der Waals surface area contributed by atoms with Crippen LogP contribution in [0.4, 0.5) is 0 Å². The average molecular weight is 610 g/mol. The molecule has 0 unspecified atom stereocenters. The van der Waals surface area contributed by atoms with Crippen molar-refractivity contribution in [2.75, 3.05) is 12.5 Å². The first kappa shape index (κ1) is 26.9. The lowest BCUT2D eigenvalue weighted by atomic mass is 9.98. The Morgan fingerprint density at radius 2 is 1.00 bits per heavy atom. The van der Waals surface area contributed by atoms with Crippen LogP contribution in [0, 0.1) is 0 Å². The Balaban J connectivity index is 1.25. The summed E-state index contributed by atoms with van der Waals surface area (Å²) in [6.45, 7) is 0. The highest BCUT2D eigenvalue weighted by Crippen LogP contribution is 2.67. The monoisotopic (exact) mass is 609 g/mol. The quantitative estimate of drug-likeness (QED) is 0.199. The van der Waals surface area contributed by atoms with Crippen LogP contribution in [0.3, 0.4) is 0 Å².